The van der Waals surface area contributed by atoms with Crippen molar-refractivity contribution in [3.63, 3.8) is 0 Å². The zero-order chi connectivity index (χ0) is 28.3. The van der Waals surface area contributed by atoms with Gasteiger partial charge in [0.15, 0.2) is 0 Å². The van der Waals surface area contributed by atoms with Gasteiger partial charge >= 0.3 is 0 Å². The molecule has 0 saturated carbocycles. The van der Waals surface area contributed by atoms with Gasteiger partial charge in [0, 0.05) is 25.7 Å². The molecule has 0 N–H and O–H groups in total. The highest BCUT2D eigenvalue weighted by Crippen LogP contribution is 2.49. The second-order valence-corrected chi connectivity index (χ2v) is 12.3. The molecule has 0 aliphatic heterocycles. The van der Waals surface area contributed by atoms with Crippen LogP contribution in [0.25, 0.3) is 85.9 Å². The van der Waals surface area contributed by atoms with E-state index in [-0.39, 0.29) is 0 Å². The van der Waals surface area contributed by atoms with Gasteiger partial charge in [-0.15, -0.1) is 11.3 Å². The van der Waals surface area contributed by atoms with Gasteiger partial charge in [-0.05, 0) is 66.2 Å². The minimum atomic E-state index is 1.25. The molecule has 0 atom stereocenters. The normalized spacial score (nSPS) is 11.7. The Hall–Kier alpha value is -5.24. The Morgan fingerprint density at radius 2 is 0.814 bits per heavy atom. The molecule has 1 heteroatoms. The van der Waals surface area contributed by atoms with Crippen molar-refractivity contribution in [1.82, 2.24) is 0 Å². The predicted molar refractivity (Wildman–Crippen MR) is 188 cm³/mol. The first-order valence-electron chi connectivity index (χ1n) is 14.8. The Morgan fingerprint density at radius 1 is 0.302 bits per heavy atom. The lowest BCUT2D eigenvalue weighted by Gasteiger charge is -2.18. The van der Waals surface area contributed by atoms with Gasteiger partial charge in [-0.1, -0.05) is 152 Å². The van der Waals surface area contributed by atoms with E-state index in [9.17, 15) is 0 Å². The molecule has 43 heavy (non-hydrogen) atoms. The molecule has 1 aromatic heterocycles. The Labute approximate surface area is 254 Å². The molecule has 0 radical (unpaired) electrons. The molecule has 0 aliphatic carbocycles. The monoisotopic (exact) mass is 562 g/mol. The van der Waals surface area contributed by atoms with Gasteiger partial charge < -0.3 is 0 Å². The van der Waals surface area contributed by atoms with Crippen LogP contribution in [0.3, 0.4) is 0 Å². The van der Waals surface area contributed by atoms with Crippen LogP contribution in [0.1, 0.15) is 0 Å². The molecule has 0 fully saturated rings. The zero-order valence-electron chi connectivity index (χ0n) is 23.4. The van der Waals surface area contributed by atoms with Crippen molar-refractivity contribution >= 4 is 63.8 Å². The summed E-state index contributed by atoms with van der Waals surface area (Å²) >= 11 is 1.92. The zero-order valence-corrected chi connectivity index (χ0v) is 24.2. The molecule has 8 aromatic carbocycles. The van der Waals surface area contributed by atoms with E-state index >= 15 is 0 Å². The highest BCUT2D eigenvalue weighted by Gasteiger charge is 2.20. The van der Waals surface area contributed by atoms with Gasteiger partial charge in [-0.2, -0.15) is 0 Å². The van der Waals surface area contributed by atoms with Crippen molar-refractivity contribution in [2.75, 3.05) is 0 Å². The average Bonchev–Trinajstić information content (AvgIpc) is 3.47. The number of rotatable bonds is 3. The van der Waals surface area contributed by atoms with Crippen LogP contribution in [0.15, 0.2) is 158 Å². The first-order chi connectivity index (χ1) is 21.3. The van der Waals surface area contributed by atoms with Crippen molar-refractivity contribution in [3.8, 4) is 33.4 Å². The second kappa shape index (κ2) is 9.66. The third kappa shape index (κ3) is 3.75. The maximum absolute atomic E-state index is 2.35. The lowest BCUT2D eigenvalue weighted by molar-refractivity contribution is 1.67. The Morgan fingerprint density at radius 3 is 1.49 bits per heavy atom. The van der Waals surface area contributed by atoms with Crippen molar-refractivity contribution < 1.29 is 0 Å². The van der Waals surface area contributed by atoms with Crippen molar-refractivity contribution in [1.29, 1.82) is 0 Å². The van der Waals surface area contributed by atoms with Crippen LogP contribution in [0, 0.1) is 0 Å². The van der Waals surface area contributed by atoms with Gasteiger partial charge in [0.1, 0.15) is 0 Å². The summed E-state index contributed by atoms with van der Waals surface area (Å²) in [6.45, 7) is 0. The number of hydrogen-bond acceptors (Lipinski definition) is 1. The van der Waals surface area contributed by atoms with Crippen LogP contribution in [-0.2, 0) is 0 Å². The molecule has 9 aromatic rings. The lowest BCUT2D eigenvalue weighted by atomic mass is 9.85. The molecular weight excluding hydrogens is 537 g/mol. The van der Waals surface area contributed by atoms with Gasteiger partial charge in [0.2, 0.25) is 0 Å². The lowest BCUT2D eigenvalue weighted by Crippen LogP contribution is -1.91. The van der Waals surface area contributed by atoms with Crippen LogP contribution >= 0.6 is 11.3 Å². The number of thiophene rings is 1. The van der Waals surface area contributed by atoms with Gasteiger partial charge in [-0.25, -0.2) is 0 Å². The molecular formula is C42H26S. The maximum Gasteiger partial charge on any atom is 0.0434 e. The fourth-order valence-electron chi connectivity index (χ4n) is 6.94. The first kappa shape index (κ1) is 24.4. The van der Waals surface area contributed by atoms with Gasteiger partial charge in [0.05, 0.1) is 0 Å². The SMILES string of the molecule is c1ccc(-c2cccc3c2sc2c(-c4c5ccccc5c(-c5ccc6ccccc6c5)c5ccccc45)cccc23)cc1. The number of benzene rings is 8. The van der Waals surface area contributed by atoms with Crippen molar-refractivity contribution in [2.24, 2.45) is 0 Å². The van der Waals surface area contributed by atoms with Crippen LogP contribution < -0.4 is 0 Å². The summed E-state index contributed by atoms with van der Waals surface area (Å²) in [6.07, 6.45) is 0. The Kier molecular flexibility index (Phi) is 5.47. The summed E-state index contributed by atoms with van der Waals surface area (Å²) < 4.78 is 2.69. The average molecular weight is 563 g/mol. The van der Waals surface area contributed by atoms with Crippen LogP contribution in [0.5, 0.6) is 0 Å². The van der Waals surface area contributed by atoms with Crippen LogP contribution in [0.2, 0.25) is 0 Å². The largest absolute Gasteiger partial charge is 0.134 e. The quantitative estimate of drug-likeness (QED) is 0.188. The molecule has 0 bridgehead atoms. The number of fused-ring (bicyclic) bond motifs is 6. The van der Waals surface area contributed by atoms with Crippen molar-refractivity contribution in [3.05, 3.63) is 158 Å². The van der Waals surface area contributed by atoms with Gasteiger partial charge in [0.25, 0.3) is 0 Å². The molecule has 0 aliphatic rings. The standard InChI is InChI=1S/C42H26S/c1-2-13-28(14-3-1)31-20-10-21-36-37-22-11-23-38(42(37)43-41(31)36)40-34-18-8-6-16-32(34)39(33-17-7-9-19-35(33)40)30-25-24-27-12-4-5-15-29(27)26-30/h1-26H. The molecule has 0 nitrogen and oxygen atoms in total. The summed E-state index contributed by atoms with van der Waals surface area (Å²) in [5.41, 5.74) is 7.73. The van der Waals surface area contributed by atoms with E-state index in [0.29, 0.717) is 0 Å². The van der Waals surface area contributed by atoms with Gasteiger partial charge in [-0.3, -0.25) is 0 Å². The van der Waals surface area contributed by atoms with E-state index in [1.165, 1.54) is 85.9 Å². The topological polar surface area (TPSA) is 0 Å². The maximum atomic E-state index is 2.35. The highest BCUT2D eigenvalue weighted by molar-refractivity contribution is 7.26. The minimum absolute atomic E-state index is 1.25. The van der Waals surface area contributed by atoms with E-state index in [1.807, 2.05) is 11.3 Å². The third-order valence-electron chi connectivity index (χ3n) is 8.85. The number of hydrogen-bond donors (Lipinski definition) is 0. The fraction of sp³-hybridized carbons (Fsp3) is 0. The van der Waals surface area contributed by atoms with E-state index in [0.717, 1.165) is 0 Å². The smallest absolute Gasteiger partial charge is 0.0434 e. The fourth-order valence-corrected chi connectivity index (χ4v) is 8.29. The predicted octanol–water partition coefficient (Wildman–Crippen LogP) is 12.5. The molecule has 1 heterocycles. The molecule has 0 unspecified atom stereocenters. The van der Waals surface area contributed by atoms with Crippen LogP contribution in [0.4, 0.5) is 0 Å². The second-order valence-electron chi connectivity index (χ2n) is 11.2. The summed E-state index contributed by atoms with van der Waals surface area (Å²) in [5.74, 6) is 0. The third-order valence-corrected chi connectivity index (χ3v) is 10.1. The Balaban J connectivity index is 1.38. The van der Waals surface area contributed by atoms with E-state index in [4.69, 9.17) is 0 Å². The minimum Gasteiger partial charge on any atom is -0.134 e. The summed E-state index contributed by atoms with van der Waals surface area (Å²) in [7, 11) is 0. The van der Waals surface area contributed by atoms with Crippen LogP contribution in [-0.4, -0.2) is 0 Å². The summed E-state index contributed by atoms with van der Waals surface area (Å²) in [5, 5.41) is 10.3. The van der Waals surface area contributed by atoms with Crippen molar-refractivity contribution in [2.45, 2.75) is 0 Å². The first-order valence-corrected chi connectivity index (χ1v) is 15.6. The van der Waals surface area contributed by atoms with E-state index in [1.54, 1.807) is 0 Å². The molecule has 200 valence electrons. The molecule has 9 rings (SSSR count). The summed E-state index contributed by atoms with van der Waals surface area (Å²) in [6, 6.07) is 57.8. The Bertz CT molecular complexity index is 2440. The highest BCUT2D eigenvalue weighted by atomic mass is 32.1. The molecule has 0 spiro atoms. The van der Waals surface area contributed by atoms with E-state index < -0.39 is 0 Å². The molecule has 0 saturated heterocycles. The molecule has 0 amide bonds. The summed E-state index contributed by atoms with van der Waals surface area (Å²) in [4.78, 5) is 0. The van der Waals surface area contributed by atoms with E-state index in [2.05, 4.69) is 158 Å².